The maximum atomic E-state index is 13.7. The molecule has 4 heteroatoms. The number of halogens is 1. The van der Waals surface area contributed by atoms with Gasteiger partial charge in [0.2, 0.25) is 0 Å². The SMILES string of the molecule is CCc1ccc(CC(NN)c2ccncc2F)cc1. The molecule has 1 aromatic carbocycles. The summed E-state index contributed by atoms with van der Waals surface area (Å²) in [5.41, 5.74) is 5.62. The van der Waals surface area contributed by atoms with E-state index in [4.69, 9.17) is 5.84 Å². The van der Waals surface area contributed by atoms with Crippen LogP contribution >= 0.6 is 0 Å². The number of nitrogens with two attached hydrogens (primary N) is 1. The van der Waals surface area contributed by atoms with Gasteiger partial charge < -0.3 is 0 Å². The van der Waals surface area contributed by atoms with Gasteiger partial charge in [-0.15, -0.1) is 0 Å². The van der Waals surface area contributed by atoms with Gasteiger partial charge in [0.15, 0.2) is 0 Å². The third-order valence-corrected chi connectivity index (χ3v) is 3.25. The number of nitrogens with zero attached hydrogens (tertiary/aromatic N) is 1. The van der Waals surface area contributed by atoms with Crippen LogP contribution in [0.25, 0.3) is 0 Å². The summed E-state index contributed by atoms with van der Waals surface area (Å²) >= 11 is 0. The minimum Gasteiger partial charge on any atom is -0.271 e. The van der Waals surface area contributed by atoms with E-state index < -0.39 is 0 Å². The van der Waals surface area contributed by atoms with Crippen molar-refractivity contribution in [1.29, 1.82) is 0 Å². The molecule has 2 rings (SSSR count). The molecule has 0 saturated heterocycles. The Hall–Kier alpha value is -1.78. The highest BCUT2D eigenvalue weighted by Crippen LogP contribution is 2.20. The lowest BCUT2D eigenvalue weighted by Gasteiger charge is -2.17. The smallest absolute Gasteiger partial charge is 0.146 e. The molecule has 1 atom stereocenters. The molecule has 0 saturated carbocycles. The van der Waals surface area contributed by atoms with E-state index in [1.165, 1.54) is 11.8 Å². The largest absolute Gasteiger partial charge is 0.271 e. The number of hydrogen-bond acceptors (Lipinski definition) is 3. The first-order valence-electron chi connectivity index (χ1n) is 6.38. The molecule has 0 aliphatic rings. The van der Waals surface area contributed by atoms with E-state index in [-0.39, 0.29) is 11.9 Å². The lowest BCUT2D eigenvalue weighted by molar-refractivity contribution is 0.508. The van der Waals surface area contributed by atoms with Crippen molar-refractivity contribution in [3.8, 4) is 0 Å². The molecule has 0 spiro atoms. The molecular weight excluding hydrogens is 241 g/mol. The fourth-order valence-electron chi connectivity index (χ4n) is 2.07. The highest BCUT2D eigenvalue weighted by molar-refractivity contribution is 5.26. The molecule has 0 aliphatic heterocycles. The first-order chi connectivity index (χ1) is 9.24. The van der Waals surface area contributed by atoms with E-state index in [0.717, 1.165) is 12.0 Å². The molecule has 0 aliphatic carbocycles. The lowest BCUT2D eigenvalue weighted by atomic mass is 9.99. The van der Waals surface area contributed by atoms with Crippen LogP contribution in [0.4, 0.5) is 4.39 Å². The Morgan fingerprint density at radius 1 is 1.21 bits per heavy atom. The van der Waals surface area contributed by atoms with Crippen LogP contribution in [0.2, 0.25) is 0 Å². The molecule has 1 unspecified atom stereocenters. The molecule has 0 bridgehead atoms. The molecule has 3 N–H and O–H groups in total. The fourth-order valence-corrected chi connectivity index (χ4v) is 2.07. The Bertz CT molecular complexity index is 525. The third kappa shape index (κ3) is 3.36. The van der Waals surface area contributed by atoms with E-state index in [1.807, 2.05) is 0 Å². The van der Waals surface area contributed by atoms with Crippen LogP contribution in [0, 0.1) is 5.82 Å². The number of aromatic nitrogens is 1. The second kappa shape index (κ2) is 6.41. The standard InChI is InChI=1S/C15H18FN3/c1-2-11-3-5-12(6-4-11)9-15(19-17)13-7-8-18-10-14(13)16/h3-8,10,15,19H,2,9,17H2,1H3. The first kappa shape index (κ1) is 13.6. The quantitative estimate of drug-likeness (QED) is 0.641. The van der Waals surface area contributed by atoms with Gasteiger partial charge in [-0.05, 0) is 30.0 Å². The zero-order chi connectivity index (χ0) is 13.7. The van der Waals surface area contributed by atoms with Crippen LogP contribution in [0.3, 0.4) is 0 Å². The van der Waals surface area contributed by atoms with Crippen molar-refractivity contribution < 1.29 is 4.39 Å². The minimum absolute atomic E-state index is 0.254. The van der Waals surface area contributed by atoms with Gasteiger partial charge in [-0.1, -0.05) is 31.2 Å². The summed E-state index contributed by atoms with van der Waals surface area (Å²) < 4.78 is 13.7. The van der Waals surface area contributed by atoms with Gasteiger partial charge in [-0.25, -0.2) is 4.39 Å². The second-order valence-electron chi connectivity index (χ2n) is 4.49. The van der Waals surface area contributed by atoms with E-state index >= 15 is 0 Å². The molecule has 100 valence electrons. The molecule has 0 fully saturated rings. The molecule has 19 heavy (non-hydrogen) atoms. The Kier molecular flexibility index (Phi) is 4.60. The molecule has 0 radical (unpaired) electrons. The van der Waals surface area contributed by atoms with Crippen molar-refractivity contribution in [2.24, 2.45) is 5.84 Å². The zero-order valence-electron chi connectivity index (χ0n) is 10.9. The average Bonchev–Trinajstić information content (AvgIpc) is 2.46. The summed E-state index contributed by atoms with van der Waals surface area (Å²) in [5, 5.41) is 0. The molecule has 1 heterocycles. The van der Waals surface area contributed by atoms with Crippen molar-refractivity contribution >= 4 is 0 Å². The average molecular weight is 259 g/mol. The summed E-state index contributed by atoms with van der Waals surface area (Å²) in [6, 6.07) is 9.69. The van der Waals surface area contributed by atoms with E-state index in [2.05, 4.69) is 41.6 Å². The Morgan fingerprint density at radius 2 is 1.89 bits per heavy atom. The molecule has 1 aromatic heterocycles. The first-order valence-corrected chi connectivity index (χ1v) is 6.38. The predicted molar refractivity (Wildman–Crippen MR) is 73.8 cm³/mol. The monoisotopic (exact) mass is 259 g/mol. The van der Waals surface area contributed by atoms with Crippen LogP contribution in [-0.4, -0.2) is 4.98 Å². The normalized spacial score (nSPS) is 12.4. The van der Waals surface area contributed by atoms with Gasteiger partial charge in [0, 0.05) is 11.8 Å². The van der Waals surface area contributed by atoms with Crippen molar-refractivity contribution in [2.75, 3.05) is 0 Å². The second-order valence-corrected chi connectivity index (χ2v) is 4.49. The highest BCUT2D eigenvalue weighted by atomic mass is 19.1. The number of aryl methyl sites for hydroxylation is 1. The summed E-state index contributed by atoms with van der Waals surface area (Å²) in [6.45, 7) is 2.12. The van der Waals surface area contributed by atoms with Gasteiger partial charge in [-0.3, -0.25) is 16.3 Å². The summed E-state index contributed by atoms with van der Waals surface area (Å²) in [4.78, 5) is 3.75. The van der Waals surface area contributed by atoms with E-state index in [1.54, 1.807) is 12.3 Å². The summed E-state index contributed by atoms with van der Waals surface area (Å²) in [5.74, 6) is 5.20. The third-order valence-electron chi connectivity index (χ3n) is 3.25. The maximum absolute atomic E-state index is 13.7. The van der Waals surface area contributed by atoms with Crippen molar-refractivity contribution in [3.63, 3.8) is 0 Å². The van der Waals surface area contributed by atoms with Gasteiger partial charge in [0.25, 0.3) is 0 Å². The van der Waals surface area contributed by atoms with Crippen LogP contribution < -0.4 is 11.3 Å². The van der Waals surface area contributed by atoms with Crippen LogP contribution in [-0.2, 0) is 12.8 Å². The van der Waals surface area contributed by atoms with Crippen LogP contribution in [0.5, 0.6) is 0 Å². The van der Waals surface area contributed by atoms with Crippen LogP contribution in [0.1, 0.15) is 29.7 Å². The lowest BCUT2D eigenvalue weighted by Crippen LogP contribution is -2.30. The number of rotatable bonds is 5. The number of hydrazine groups is 1. The van der Waals surface area contributed by atoms with E-state index in [9.17, 15) is 4.39 Å². The predicted octanol–water partition coefficient (Wildman–Crippen LogP) is 2.53. The fraction of sp³-hybridized carbons (Fsp3) is 0.267. The van der Waals surface area contributed by atoms with Gasteiger partial charge >= 0.3 is 0 Å². The highest BCUT2D eigenvalue weighted by Gasteiger charge is 2.14. The Labute approximate surface area is 112 Å². The molecular formula is C15H18FN3. The molecule has 2 aromatic rings. The van der Waals surface area contributed by atoms with Gasteiger partial charge in [0.1, 0.15) is 5.82 Å². The Balaban J connectivity index is 2.17. The van der Waals surface area contributed by atoms with Crippen molar-refractivity contribution in [1.82, 2.24) is 10.4 Å². The summed E-state index contributed by atoms with van der Waals surface area (Å²) in [6.07, 6.45) is 4.43. The van der Waals surface area contributed by atoms with Gasteiger partial charge in [-0.2, -0.15) is 0 Å². The topological polar surface area (TPSA) is 50.9 Å². The molecule has 3 nitrogen and oxygen atoms in total. The van der Waals surface area contributed by atoms with Gasteiger partial charge in [0.05, 0.1) is 12.2 Å². The maximum Gasteiger partial charge on any atom is 0.146 e. The minimum atomic E-state index is -0.337. The van der Waals surface area contributed by atoms with Crippen molar-refractivity contribution in [3.05, 3.63) is 65.2 Å². The number of nitrogens with one attached hydrogen (secondary N) is 1. The number of hydrogen-bond donors (Lipinski definition) is 2. The number of pyridine rings is 1. The molecule has 0 amide bonds. The van der Waals surface area contributed by atoms with Crippen molar-refractivity contribution in [2.45, 2.75) is 25.8 Å². The Morgan fingerprint density at radius 3 is 2.47 bits per heavy atom. The van der Waals surface area contributed by atoms with E-state index in [0.29, 0.717) is 12.0 Å². The van der Waals surface area contributed by atoms with Crippen LogP contribution in [0.15, 0.2) is 42.7 Å². The number of benzene rings is 1. The summed E-state index contributed by atoms with van der Waals surface area (Å²) in [7, 11) is 0. The zero-order valence-corrected chi connectivity index (χ0v) is 10.9.